The summed E-state index contributed by atoms with van der Waals surface area (Å²) in [6.45, 7) is -0.185. The van der Waals surface area contributed by atoms with Gasteiger partial charge in [0.25, 0.3) is 6.23 Å². The Morgan fingerprint density at radius 2 is 1.79 bits per heavy atom. The number of urea groups is 1. The second-order valence-corrected chi connectivity index (χ2v) is 15.2. The number of likely N-dealkylation sites (N-methyl/N-ethyl adjacent to an activating group) is 1. The van der Waals surface area contributed by atoms with Crippen LogP contribution in [0.25, 0.3) is 0 Å². The number of nitrogens with zero attached hydrogens (tertiary/aromatic N) is 10. The molecule has 2 aliphatic rings. The highest BCUT2D eigenvalue weighted by Gasteiger charge is 2.46. The van der Waals surface area contributed by atoms with E-state index >= 15 is 0 Å². The highest BCUT2D eigenvalue weighted by molar-refractivity contribution is 6.42. The number of aromatic nitrogens is 5. The van der Waals surface area contributed by atoms with Crippen molar-refractivity contribution in [3.63, 3.8) is 0 Å². The van der Waals surface area contributed by atoms with Gasteiger partial charge in [-0.25, -0.2) is 14.6 Å². The van der Waals surface area contributed by atoms with E-state index in [1.54, 1.807) is 30.7 Å². The topological polar surface area (TPSA) is 200 Å². The molecule has 6 rings (SSSR count). The van der Waals surface area contributed by atoms with Crippen LogP contribution < -0.4 is 24.6 Å². The number of pyridine rings is 1. The third-order valence-electron chi connectivity index (χ3n) is 10.0. The van der Waals surface area contributed by atoms with Gasteiger partial charge in [0.2, 0.25) is 18.2 Å². The van der Waals surface area contributed by atoms with E-state index in [1.807, 2.05) is 0 Å². The minimum Gasteiger partial charge on any atom is -0.495 e. The molecular formula is C37H39Cl2F3N11O8+. The predicted octanol–water partition coefficient (Wildman–Crippen LogP) is 5.78. The van der Waals surface area contributed by atoms with Crippen LogP contribution >= 0.6 is 23.2 Å². The molecule has 324 valence electrons. The van der Waals surface area contributed by atoms with Crippen LogP contribution in [0.3, 0.4) is 0 Å². The van der Waals surface area contributed by atoms with E-state index in [0.29, 0.717) is 11.3 Å². The number of benzene rings is 1. The van der Waals surface area contributed by atoms with Crippen LogP contribution in [0.4, 0.5) is 46.9 Å². The van der Waals surface area contributed by atoms with Crippen molar-refractivity contribution in [1.82, 2.24) is 29.4 Å². The van der Waals surface area contributed by atoms with Gasteiger partial charge < -0.3 is 39.1 Å². The summed E-state index contributed by atoms with van der Waals surface area (Å²) >= 11 is 13.5. The summed E-state index contributed by atoms with van der Waals surface area (Å²) in [7, 11) is 7.03. The third-order valence-corrected chi connectivity index (χ3v) is 10.8. The first kappa shape index (κ1) is 44.3. The molecule has 0 spiro atoms. The molecule has 0 bridgehead atoms. The fourth-order valence-electron chi connectivity index (χ4n) is 6.88. The molecule has 24 heteroatoms. The zero-order valence-electron chi connectivity index (χ0n) is 33.2. The number of carbonyl (C=O) groups is 3. The summed E-state index contributed by atoms with van der Waals surface area (Å²) in [4.78, 5) is 72.5. The SMILES string of the molecule is COc1cc(OC)c(Cl)c(N2Cc3cnc(Nc4cccnc4)nc3N(C3CCN(C(=O)/C=C/C(OC(=O)C(F)(F)F)[N+](C)(C)Cc4c([N+](=O)[O-])ncn4C)CC3)C2=O)c1Cl. The number of methoxy groups -OCH3 is 2. The average molecular weight is 894 g/mol. The second kappa shape index (κ2) is 17.8. The van der Waals surface area contributed by atoms with Crippen molar-refractivity contribution in [3.8, 4) is 11.5 Å². The number of anilines is 4. The molecule has 2 aliphatic heterocycles. The first-order chi connectivity index (χ1) is 28.8. The molecule has 19 nitrogen and oxygen atoms in total. The largest absolute Gasteiger partial charge is 0.495 e. The molecule has 3 amide bonds. The lowest BCUT2D eigenvalue weighted by atomic mass is 10.0. The molecule has 1 unspecified atom stereocenters. The monoisotopic (exact) mass is 892 g/mol. The van der Waals surface area contributed by atoms with Gasteiger partial charge >= 0.3 is 24.0 Å². The molecule has 1 atom stereocenters. The van der Waals surface area contributed by atoms with Gasteiger partial charge in [0.1, 0.15) is 33.9 Å². The quantitative estimate of drug-likeness (QED) is 0.0423. The van der Waals surface area contributed by atoms with Crippen molar-refractivity contribution < 1.29 is 51.2 Å². The number of alkyl halides is 3. The number of ether oxygens (including phenoxy) is 3. The Labute approximate surface area is 356 Å². The van der Waals surface area contributed by atoms with E-state index < -0.39 is 51.6 Å². The molecular weight excluding hydrogens is 854 g/mol. The molecule has 1 aromatic carbocycles. The Morgan fingerprint density at radius 3 is 2.38 bits per heavy atom. The summed E-state index contributed by atoms with van der Waals surface area (Å²) in [6.07, 6.45) is 1.25. The van der Waals surface area contributed by atoms with Gasteiger partial charge in [0.15, 0.2) is 5.69 Å². The summed E-state index contributed by atoms with van der Waals surface area (Å²) in [5, 5.41) is 14.8. The smallest absolute Gasteiger partial charge is 0.491 e. The van der Waals surface area contributed by atoms with Crippen molar-refractivity contribution in [2.45, 2.75) is 44.4 Å². The Bertz CT molecular complexity index is 2330. The molecule has 0 radical (unpaired) electrons. The van der Waals surface area contributed by atoms with Gasteiger partial charge in [-0.15, -0.1) is 0 Å². The number of imidazole rings is 1. The fraction of sp³-hybridized carbons (Fsp3) is 0.378. The molecule has 0 aliphatic carbocycles. The van der Waals surface area contributed by atoms with Crippen LogP contribution in [0.15, 0.2) is 55.3 Å². The summed E-state index contributed by atoms with van der Waals surface area (Å²) in [5.41, 5.74) is 1.28. The molecule has 0 saturated carbocycles. The van der Waals surface area contributed by atoms with E-state index in [0.717, 1.165) is 12.2 Å². The number of rotatable bonds is 13. The summed E-state index contributed by atoms with van der Waals surface area (Å²) < 4.78 is 56.7. The molecule has 3 aromatic heterocycles. The molecule has 4 aromatic rings. The number of esters is 1. The van der Waals surface area contributed by atoms with E-state index in [4.69, 9.17) is 42.4 Å². The maximum Gasteiger partial charge on any atom is 0.491 e. The summed E-state index contributed by atoms with van der Waals surface area (Å²) in [6, 6.07) is 3.87. The highest BCUT2D eigenvalue weighted by Crippen LogP contribution is 2.48. The Kier molecular flexibility index (Phi) is 12.9. The van der Waals surface area contributed by atoms with Crippen LogP contribution in [0.1, 0.15) is 24.1 Å². The van der Waals surface area contributed by atoms with Crippen LogP contribution in [0.2, 0.25) is 10.0 Å². The number of amides is 3. The van der Waals surface area contributed by atoms with Crippen molar-refractivity contribution >= 4 is 70.1 Å². The molecule has 5 heterocycles. The first-order valence-corrected chi connectivity index (χ1v) is 19.1. The molecule has 1 N–H and O–H groups in total. The van der Waals surface area contributed by atoms with Gasteiger partial charge in [-0.3, -0.25) is 24.1 Å². The second-order valence-electron chi connectivity index (χ2n) is 14.4. The third kappa shape index (κ3) is 9.40. The number of piperidine rings is 1. The number of nitro groups is 1. The number of hydrogen-bond donors (Lipinski definition) is 1. The van der Waals surface area contributed by atoms with Crippen LogP contribution in [0.5, 0.6) is 11.5 Å². The number of aryl methyl sites for hydroxylation is 1. The zero-order valence-corrected chi connectivity index (χ0v) is 34.7. The Morgan fingerprint density at radius 1 is 1.11 bits per heavy atom. The normalized spacial score (nSPS) is 15.4. The lowest BCUT2D eigenvalue weighted by Gasteiger charge is -2.43. The minimum absolute atomic E-state index is 0.0394. The number of carbonyl (C=O) groups excluding carboxylic acids is 3. The van der Waals surface area contributed by atoms with Crippen LogP contribution in [0, 0.1) is 10.1 Å². The van der Waals surface area contributed by atoms with E-state index in [-0.39, 0.29) is 83.7 Å². The van der Waals surface area contributed by atoms with Crippen LogP contribution in [-0.4, -0.2) is 117 Å². The van der Waals surface area contributed by atoms with Gasteiger partial charge in [-0.2, -0.15) is 18.2 Å². The predicted molar refractivity (Wildman–Crippen MR) is 214 cm³/mol. The Hall–Kier alpha value is -6.26. The maximum absolute atomic E-state index is 14.7. The maximum atomic E-state index is 14.7. The lowest BCUT2D eigenvalue weighted by molar-refractivity contribution is -0.940. The van der Waals surface area contributed by atoms with Crippen molar-refractivity contribution in [3.05, 3.63) is 86.7 Å². The molecule has 1 saturated heterocycles. The van der Waals surface area contributed by atoms with Crippen LogP contribution in [-0.2, 0) is 34.5 Å². The van der Waals surface area contributed by atoms with Gasteiger partial charge in [0, 0.05) is 62.4 Å². The Balaban J connectivity index is 1.27. The van der Waals surface area contributed by atoms with E-state index in [1.165, 1.54) is 67.0 Å². The lowest BCUT2D eigenvalue weighted by Crippen LogP contribution is -2.56. The van der Waals surface area contributed by atoms with Gasteiger partial charge in [0.05, 0.1) is 52.4 Å². The van der Waals surface area contributed by atoms with Crippen molar-refractivity contribution in [1.29, 1.82) is 0 Å². The highest BCUT2D eigenvalue weighted by atomic mass is 35.5. The first-order valence-electron chi connectivity index (χ1n) is 18.3. The standard InChI is InChI=1S/C37H39Cl2F3N11O8/c1-48-20-45-33(52(57)58)24(48)19-53(2,3)28(61-34(55)37(40,41)42)9-8-27(54)49-13-10-23(11-14-49)51-32-21(16-44-35(47-32)46-22-7-6-12-43-17-22)18-50(36(51)56)31-29(38)25(59-4)15-26(60-5)30(31)39/h6-9,12,15-17,20,23,28H,10-11,13-14,18-19H2,1-5H3,(H,44,46,47)/q+1/b9-8+. The molecule has 61 heavy (non-hydrogen) atoms. The average Bonchev–Trinajstić information content (AvgIpc) is 3.58. The zero-order chi connectivity index (χ0) is 44.4. The number of hydrogen-bond acceptors (Lipinski definition) is 13. The number of fused-ring (bicyclic) bond motifs is 1. The number of nitrogens with one attached hydrogen (secondary N) is 1. The number of quaternary nitrogens is 1. The number of likely N-dealkylation sites (tertiary alicyclic amines) is 1. The number of halogens is 5. The van der Waals surface area contributed by atoms with E-state index in [9.17, 15) is 37.7 Å². The van der Waals surface area contributed by atoms with Gasteiger partial charge in [-0.1, -0.05) is 23.2 Å². The van der Waals surface area contributed by atoms with Crippen molar-refractivity contribution in [2.24, 2.45) is 7.05 Å². The molecule has 1 fully saturated rings. The summed E-state index contributed by atoms with van der Waals surface area (Å²) in [5.74, 6) is -2.81. The minimum atomic E-state index is -5.37. The van der Waals surface area contributed by atoms with Gasteiger partial charge in [-0.05, 0) is 34.9 Å². The fourth-order valence-corrected chi connectivity index (χ4v) is 7.58. The van der Waals surface area contributed by atoms with E-state index in [2.05, 4.69) is 20.3 Å². The van der Waals surface area contributed by atoms with Crippen molar-refractivity contribution in [2.75, 3.05) is 56.5 Å².